The zero-order valence-corrected chi connectivity index (χ0v) is 12.4. The molecule has 1 saturated carbocycles. The first-order valence-corrected chi connectivity index (χ1v) is 7.06. The van der Waals surface area contributed by atoms with Crippen LogP contribution in [0.25, 0.3) is 0 Å². The van der Waals surface area contributed by atoms with Gasteiger partial charge in [0.1, 0.15) is 5.54 Å². The number of hydrogen-bond donors (Lipinski definition) is 1. The molecule has 1 aromatic carbocycles. The minimum absolute atomic E-state index is 0.197. The van der Waals surface area contributed by atoms with Gasteiger partial charge in [0.05, 0.1) is 18.6 Å². The van der Waals surface area contributed by atoms with Crippen molar-refractivity contribution in [3.63, 3.8) is 0 Å². The third-order valence-corrected chi connectivity index (χ3v) is 4.26. The van der Waals surface area contributed by atoms with Crippen molar-refractivity contribution in [2.24, 2.45) is 11.3 Å². The van der Waals surface area contributed by atoms with Gasteiger partial charge in [-0.3, -0.25) is 0 Å². The molecular weight excluding hydrogens is 246 g/mol. The molecule has 0 spiro atoms. The Labute approximate surface area is 121 Å². The van der Waals surface area contributed by atoms with E-state index in [0.29, 0.717) is 12.3 Å². The zero-order valence-electron chi connectivity index (χ0n) is 12.4. The molecule has 0 amide bonds. The van der Waals surface area contributed by atoms with Crippen molar-refractivity contribution in [2.75, 3.05) is 5.32 Å². The highest BCUT2D eigenvalue weighted by Crippen LogP contribution is 2.48. The van der Waals surface area contributed by atoms with Crippen LogP contribution in [0.15, 0.2) is 24.3 Å². The highest BCUT2D eigenvalue weighted by molar-refractivity contribution is 5.50. The third-order valence-electron chi connectivity index (χ3n) is 4.26. The summed E-state index contributed by atoms with van der Waals surface area (Å²) >= 11 is 0. The number of nitriles is 2. The molecule has 2 unspecified atom stereocenters. The van der Waals surface area contributed by atoms with Crippen molar-refractivity contribution >= 4 is 5.69 Å². The van der Waals surface area contributed by atoms with E-state index in [1.807, 2.05) is 24.3 Å². The van der Waals surface area contributed by atoms with E-state index in [2.05, 4.69) is 38.2 Å². The Kier molecular flexibility index (Phi) is 3.73. The van der Waals surface area contributed by atoms with Gasteiger partial charge in [0.2, 0.25) is 0 Å². The smallest absolute Gasteiger partial charge is 0.128 e. The predicted molar refractivity (Wildman–Crippen MR) is 79.9 cm³/mol. The summed E-state index contributed by atoms with van der Waals surface area (Å²) < 4.78 is 0. The summed E-state index contributed by atoms with van der Waals surface area (Å²) in [4.78, 5) is 0. The van der Waals surface area contributed by atoms with E-state index < -0.39 is 5.54 Å². The van der Waals surface area contributed by atoms with Gasteiger partial charge in [0.15, 0.2) is 0 Å². The molecule has 20 heavy (non-hydrogen) atoms. The second kappa shape index (κ2) is 5.17. The SMILES string of the molecule is CC1CC(C)(C)CC1(C#N)Nc1ccc(CC#N)cc1. The summed E-state index contributed by atoms with van der Waals surface area (Å²) in [5, 5.41) is 21.8. The van der Waals surface area contributed by atoms with Crippen LogP contribution in [-0.2, 0) is 6.42 Å². The van der Waals surface area contributed by atoms with Crippen LogP contribution in [0.2, 0.25) is 0 Å². The summed E-state index contributed by atoms with van der Waals surface area (Å²) in [7, 11) is 0. The average Bonchev–Trinajstić information content (AvgIpc) is 2.62. The highest BCUT2D eigenvalue weighted by Gasteiger charge is 2.49. The molecule has 3 heteroatoms. The van der Waals surface area contributed by atoms with Gasteiger partial charge in [-0.1, -0.05) is 32.9 Å². The first-order valence-electron chi connectivity index (χ1n) is 7.06. The molecule has 2 atom stereocenters. The van der Waals surface area contributed by atoms with Crippen LogP contribution >= 0.6 is 0 Å². The summed E-state index contributed by atoms with van der Waals surface area (Å²) in [6, 6.07) is 12.5. The van der Waals surface area contributed by atoms with E-state index in [1.165, 1.54) is 0 Å². The normalized spacial score (nSPS) is 27.6. The molecule has 1 N–H and O–H groups in total. The molecule has 1 fully saturated rings. The lowest BCUT2D eigenvalue weighted by Gasteiger charge is -2.29. The van der Waals surface area contributed by atoms with Crippen molar-refractivity contribution in [3.05, 3.63) is 29.8 Å². The predicted octanol–water partition coefficient (Wildman–Crippen LogP) is 3.88. The fourth-order valence-corrected chi connectivity index (χ4v) is 3.40. The number of nitrogens with zero attached hydrogens (tertiary/aromatic N) is 2. The Balaban J connectivity index is 2.19. The highest BCUT2D eigenvalue weighted by atomic mass is 15.0. The molecule has 1 aromatic rings. The lowest BCUT2D eigenvalue weighted by atomic mass is 9.87. The Bertz CT molecular complexity index is 559. The van der Waals surface area contributed by atoms with Crippen LogP contribution in [0.1, 0.15) is 39.2 Å². The second-order valence-electron chi connectivity index (χ2n) is 6.69. The van der Waals surface area contributed by atoms with E-state index >= 15 is 0 Å². The first-order chi connectivity index (χ1) is 9.41. The maximum atomic E-state index is 9.66. The quantitative estimate of drug-likeness (QED) is 0.904. The van der Waals surface area contributed by atoms with E-state index in [0.717, 1.165) is 24.1 Å². The van der Waals surface area contributed by atoms with Crippen molar-refractivity contribution in [1.82, 2.24) is 0 Å². The number of rotatable bonds is 3. The number of benzene rings is 1. The molecule has 104 valence electrons. The average molecular weight is 267 g/mol. The van der Waals surface area contributed by atoms with Gasteiger partial charge in [0, 0.05) is 5.69 Å². The van der Waals surface area contributed by atoms with Gasteiger partial charge >= 0.3 is 0 Å². The van der Waals surface area contributed by atoms with Crippen LogP contribution < -0.4 is 5.32 Å². The molecule has 0 aromatic heterocycles. The summed E-state index contributed by atoms with van der Waals surface area (Å²) in [5.74, 6) is 0.321. The number of hydrogen-bond acceptors (Lipinski definition) is 3. The fourth-order valence-electron chi connectivity index (χ4n) is 3.40. The van der Waals surface area contributed by atoms with Crippen LogP contribution in [0, 0.1) is 34.0 Å². The lowest BCUT2D eigenvalue weighted by Crippen LogP contribution is -2.39. The monoisotopic (exact) mass is 267 g/mol. The molecule has 0 aliphatic heterocycles. The van der Waals surface area contributed by atoms with Crippen molar-refractivity contribution in [2.45, 2.75) is 45.6 Å². The molecule has 0 radical (unpaired) electrons. The standard InChI is InChI=1S/C17H21N3/c1-13-10-16(2,3)11-17(13,12-19)20-15-6-4-14(5-7-15)8-9-18/h4-7,13,20H,8,10-11H2,1-3H3. The summed E-state index contributed by atoms with van der Waals surface area (Å²) in [6.45, 7) is 6.59. The number of nitrogens with one attached hydrogen (secondary N) is 1. The summed E-state index contributed by atoms with van der Waals surface area (Å²) in [6.07, 6.45) is 2.34. The van der Waals surface area contributed by atoms with Gasteiger partial charge < -0.3 is 5.32 Å². The molecule has 0 heterocycles. The van der Waals surface area contributed by atoms with Gasteiger partial charge in [-0.25, -0.2) is 0 Å². The van der Waals surface area contributed by atoms with Crippen LogP contribution in [0.4, 0.5) is 5.69 Å². The minimum atomic E-state index is -0.486. The third kappa shape index (κ3) is 2.78. The summed E-state index contributed by atoms with van der Waals surface area (Å²) in [5.41, 5.74) is 1.67. The van der Waals surface area contributed by atoms with E-state index in [4.69, 9.17) is 5.26 Å². The first kappa shape index (κ1) is 14.4. The van der Waals surface area contributed by atoms with Crippen LogP contribution in [-0.4, -0.2) is 5.54 Å². The molecule has 1 aliphatic rings. The topological polar surface area (TPSA) is 59.6 Å². The van der Waals surface area contributed by atoms with Gasteiger partial charge in [-0.2, -0.15) is 10.5 Å². The Morgan fingerprint density at radius 1 is 1.25 bits per heavy atom. The maximum Gasteiger partial charge on any atom is 0.128 e. The van der Waals surface area contributed by atoms with Crippen molar-refractivity contribution in [1.29, 1.82) is 10.5 Å². The molecule has 3 nitrogen and oxygen atoms in total. The second-order valence-corrected chi connectivity index (χ2v) is 6.69. The van der Waals surface area contributed by atoms with Gasteiger partial charge in [-0.05, 0) is 41.9 Å². The van der Waals surface area contributed by atoms with Crippen molar-refractivity contribution < 1.29 is 0 Å². The van der Waals surface area contributed by atoms with Crippen LogP contribution in [0.5, 0.6) is 0 Å². The fraction of sp³-hybridized carbons (Fsp3) is 0.529. The van der Waals surface area contributed by atoms with E-state index in [1.54, 1.807) is 0 Å². The Hall–Kier alpha value is -2.00. The maximum absolute atomic E-state index is 9.66. The molecular formula is C17H21N3. The molecule has 0 saturated heterocycles. The molecule has 2 rings (SSSR count). The molecule has 0 bridgehead atoms. The van der Waals surface area contributed by atoms with Crippen molar-refractivity contribution in [3.8, 4) is 12.1 Å². The van der Waals surface area contributed by atoms with E-state index in [9.17, 15) is 5.26 Å². The van der Waals surface area contributed by atoms with Gasteiger partial charge in [-0.15, -0.1) is 0 Å². The van der Waals surface area contributed by atoms with Gasteiger partial charge in [0.25, 0.3) is 0 Å². The zero-order chi connectivity index (χ0) is 14.8. The number of anilines is 1. The lowest BCUT2D eigenvalue weighted by molar-refractivity contribution is 0.363. The van der Waals surface area contributed by atoms with Crippen LogP contribution in [0.3, 0.4) is 0 Å². The van der Waals surface area contributed by atoms with E-state index in [-0.39, 0.29) is 5.41 Å². The minimum Gasteiger partial charge on any atom is -0.367 e. The largest absolute Gasteiger partial charge is 0.367 e. The Morgan fingerprint density at radius 2 is 1.90 bits per heavy atom. The Morgan fingerprint density at radius 3 is 2.35 bits per heavy atom. The molecule has 1 aliphatic carbocycles.